The maximum Gasteiger partial charge on any atom is 0.124 e. The zero-order valence-electron chi connectivity index (χ0n) is 17.7. The lowest BCUT2D eigenvalue weighted by atomic mass is 10.2. The van der Waals surface area contributed by atoms with Crippen molar-refractivity contribution in [3.05, 3.63) is 54.1 Å². The number of para-hydroxylation sites is 1. The van der Waals surface area contributed by atoms with Crippen LogP contribution in [0.2, 0.25) is 0 Å². The molecule has 2 rings (SSSR count). The third kappa shape index (κ3) is 8.69. The standard InChI is InChI=1S/C25H37NO2/c1-3-5-7-11-19-27-24-17-15-23(16-18-24)26-21-22-13-9-10-14-25(22)28-20-12-8-6-4-2/h9-10,13-18,26H,3-8,11-12,19-21H2,1-2H3. The van der Waals surface area contributed by atoms with E-state index in [9.17, 15) is 0 Å². The number of nitrogens with one attached hydrogen (secondary N) is 1. The lowest BCUT2D eigenvalue weighted by Gasteiger charge is -2.13. The first kappa shape index (κ1) is 22.1. The van der Waals surface area contributed by atoms with Crippen LogP contribution in [0.25, 0.3) is 0 Å². The Labute approximate surface area is 171 Å². The van der Waals surface area contributed by atoms with Gasteiger partial charge in [-0.15, -0.1) is 0 Å². The minimum absolute atomic E-state index is 0.752. The second kappa shape index (κ2) is 13.9. The molecule has 3 nitrogen and oxygen atoms in total. The Morgan fingerprint density at radius 3 is 2.00 bits per heavy atom. The van der Waals surface area contributed by atoms with Gasteiger partial charge in [0.05, 0.1) is 13.2 Å². The van der Waals surface area contributed by atoms with Gasteiger partial charge in [0, 0.05) is 17.8 Å². The fourth-order valence-corrected chi connectivity index (χ4v) is 3.09. The Bertz CT molecular complexity index is 639. The van der Waals surface area contributed by atoms with E-state index in [-0.39, 0.29) is 0 Å². The second-order valence-electron chi connectivity index (χ2n) is 7.30. The number of rotatable bonds is 15. The molecule has 0 unspecified atom stereocenters. The van der Waals surface area contributed by atoms with Crippen LogP contribution in [0.3, 0.4) is 0 Å². The van der Waals surface area contributed by atoms with Crippen LogP contribution in [-0.2, 0) is 6.54 Å². The van der Waals surface area contributed by atoms with Gasteiger partial charge in [-0.25, -0.2) is 0 Å². The zero-order chi connectivity index (χ0) is 19.9. The van der Waals surface area contributed by atoms with Crippen LogP contribution >= 0.6 is 0 Å². The van der Waals surface area contributed by atoms with Gasteiger partial charge in [0.1, 0.15) is 11.5 Å². The molecule has 0 amide bonds. The third-order valence-corrected chi connectivity index (χ3v) is 4.83. The number of benzene rings is 2. The normalized spacial score (nSPS) is 10.6. The molecule has 0 aliphatic rings. The van der Waals surface area contributed by atoms with Crippen LogP contribution in [0.15, 0.2) is 48.5 Å². The molecule has 0 aromatic heterocycles. The molecule has 2 aromatic rings. The van der Waals surface area contributed by atoms with Gasteiger partial charge in [0.15, 0.2) is 0 Å². The summed E-state index contributed by atoms with van der Waals surface area (Å²) >= 11 is 0. The molecule has 154 valence electrons. The fourth-order valence-electron chi connectivity index (χ4n) is 3.09. The third-order valence-electron chi connectivity index (χ3n) is 4.83. The summed E-state index contributed by atoms with van der Waals surface area (Å²) in [5.41, 5.74) is 2.28. The Kier molecular flexibility index (Phi) is 11.0. The van der Waals surface area contributed by atoms with Crippen LogP contribution in [-0.4, -0.2) is 13.2 Å². The molecule has 0 atom stereocenters. The highest BCUT2D eigenvalue weighted by Crippen LogP contribution is 2.21. The number of ether oxygens (including phenoxy) is 2. The molecule has 0 saturated heterocycles. The summed E-state index contributed by atoms with van der Waals surface area (Å²) < 4.78 is 11.8. The number of anilines is 1. The summed E-state index contributed by atoms with van der Waals surface area (Å²) in [6.45, 7) is 6.80. The van der Waals surface area contributed by atoms with E-state index in [4.69, 9.17) is 9.47 Å². The van der Waals surface area contributed by atoms with E-state index in [2.05, 4.69) is 49.5 Å². The highest BCUT2D eigenvalue weighted by Gasteiger charge is 2.03. The van der Waals surface area contributed by atoms with Crippen LogP contribution in [0.5, 0.6) is 11.5 Å². The molecule has 28 heavy (non-hydrogen) atoms. The van der Waals surface area contributed by atoms with Crippen molar-refractivity contribution in [2.45, 2.75) is 71.8 Å². The molecule has 0 heterocycles. The van der Waals surface area contributed by atoms with E-state index < -0.39 is 0 Å². The summed E-state index contributed by atoms with van der Waals surface area (Å²) in [4.78, 5) is 0. The first-order chi connectivity index (χ1) is 13.8. The van der Waals surface area contributed by atoms with Crippen LogP contribution in [0, 0.1) is 0 Å². The first-order valence-electron chi connectivity index (χ1n) is 11.0. The molecule has 1 N–H and O–H groups in total. The number of hydrogen-bond donors (Lipinski definition) is 1. The van der Waals surface area contributed by atoms with Gasteiger partial charge in [-0.05, 0) is 43.2 Å². The minimum Gasteiger partial charge on any atom is -0.494 e. The van der Waals surface area contributed by atoms with E-state index in [0.29, 0.717) is 0 Å². The quantitative estimate of drug-likeness (QED) is 0.329. The van der Waals surface area contributed by atoms with Gasteiger partial charge in [-0.1, -0.05) is 70.6 Å². The Hall–Kier alpha value is -2.16. The Balaban J connectivity index is 1.75. The average molecular weight is 384 g/mol. The molecule has 0 radical (unpaired) electrons. The van der Waals surface area contributed by atoms with Crippen molar-refractivity contribution in [2.24, 2.45) is 0 Å². The van der Waals surface area contributed by atoms with E-state index >= 15 is 0 Å². The maximum atomic E-state index is 6.00. The van der Waals surface area contributed by atoms with Gasteiger partial charge >= 0.3 is 0 Å². The highest BCUT2D eigenvalue weighted by atomic mass is 16.5. The topological polar surface area (TPSA) is 30.5 Å². The summed E-state index contributed by atoms with van der Waals surface area (Å²) in [7, 11) is 0. The lowest BCUT2D eigenvalue weighted by molar-refractivity contribution is 0.302. The molecular formula is C25H37NO2. The van der Waals surface area contributed by atoms with Crippen molar-refractivity contribution in [1.29, 1.82) is 0 Å². The predicted octanol–water partition coefficient (Wildman–Crippen LogP) is 7.22. The van der Waals surface area contributed by atoms with Crippen molar-refractivity contribution in [3.8, 4) is 11.5 Å². The van der Waals surface area contributed by atoms with Gasteiger partial charge < -0.3 is 14.8 Å². The van der Waals surface area contributed by atoms with Crippen LogP contribution in [0.1, 0.15) is 70.8 Å². The van der Waals surface area contributed by atoms with Crippen molar-refractivity contribution in [3.63, 3.8) is 0 Å². The van der Waals surface area contributed by atoms with Crippen molar-refractivity contribution >= 4 is 5.69 Å². The van der Waals surface area contributed by atoms with Crippen molar-refractivity contribution in [1.82, 2.24) is 0 Å². The second-order valence-corrected chi connectivity index (χ2v) is 7.30. The van der Waals surface area contributed by atoms with Gasteiger partial charge in [-0.2, -0.15) is 0 Å². The van der Waals surface area contributed by atoms with Crippen LogP contribution < -0.4 is 14.8 Å². The largest absolute Gasteiger partial charge is 0.494 e. The summed E-state index contributed by atoms with van der Waals surface area (Å²) in [5.74, 6) is 1.93. The first-order valence-corrected chi connectivity index (χ1v) is 11.0. The molecule has 0 fully saturated rings. The van der Waals surface area contributed by atoms with Crippen molar-refractivity contribution in [2.75, 3.05) is 18.5 Å². The molecule has 2 aromatic carbocycles. The molecule has 0 saturated carbocycles. The number of unbranched alkanes of at least 4 members (excludes halogenated alkanes) is 6. The molecule has 0 spiro atoms. The van der Waals surface area contributed by atoms with Crippen molar-refractivity contribution < 1.29 is 9.47 Å². The minimum atomic E-state index is 0.752. The summed E-state index contributed by atoms with van der Waals surface area (Å²) in [5, 5.41) is 3.49. The molecular weight excluding hydrogens is 346 g/mol. The van der Waals surface area contributed by atoms with E-state index in [0.717, 1.165) is 49.8 Å². The van der Waals surface area contributed by atoms with E-state index in [1.807, 2.05) is 18.2 Å². The SMILES string of the molecule is CCCCCCOc1ccc(NCc2ccccc2OCCCCCC)cc1. The van der Waals surface area contributed by atoms with Gasteiger partial charge in [0.25, 0.3) is 0 Å². The molecule has 0 aliphatic heterocycles. The predicted molar refractivity (Wildman–Crippen MR) is 119 cm³/mol. The highest BCUT2D eigenvalue weighted by molar-refractivity contribution is 5.47. The van der Waals surface area contributed by atoms with Gasteiger partial charge in [-0.3, -0.25) is 0 Å². The smallest absolute Gasteiger partial charge is 0.124 e. The summed E-state index contributed by atoms with van der Waals surface area (Å²) in [6, 6.07) is 16.5. The molecule has 0 aliphatic carbocycles. The van der Waals surface area contributed by atoms with E-state index in [1.165, 1.54) is 44.1 Å². The van der Waals surface area contributed by atoms with Gasteiger partial charge in [0.2, 0.25) is 0 Å². The zero-order valence-corrected chi connectivity index (χ0v) is 17.7. The van der Waals surface area contributed by atoms with Crippen LogP contribution in [0.4, 0.5) is 5.69 Å². The maximum absolute atomic E-state index is 6.00. The molecule has 0 bridgehead atoms. The Morgan fingerprint density at radius 2 is 1.32 bits per heavy atom. The summed E-state index contributed by atoms with van der Waals surface area (Å²) in [6.07, 6.45) is 9.82. The lowest BCUT2D eigenvalue weighted by Crippen LogP contribution is -2.04. The number of hydrogen-bond acceptors (Lipinski definition) is 3. The molecule has 3 heteroatoms. The average Bonchev–Trinajstić information content (AvgIpc) is 2.73. The monoisotopic (exact) mass is 383 g/mol. The Morgan fingerprint density at radius 1 is 0.679 bits per heavy atom. The van der Waals surface area contributed by atoms with E-state index in [1.54, 1.807) is 0 Å². The fraction of sp³-hybridized carbons (Fsp3) is 0.520.